The van der Waals surface area contributed by atoms with Crippen LogP contribution < -0.4 is 5.32 Å². The second kappa shape index (κ2) is 8.84. The van der Waals surface area contributed by atoms with Crippen LogP contribution in [0, 0.1) is 0 Å². The van der Waals surface area contributed by atoms with Gasteiger partial charge in [-0.3, -0.25) is 0 Å². The van der Waals surface area contributed by atoms with E-state index in [-0.39, 0.29) is 12.6 Å². The zero-order valence-electron chi connectivity index (χ0n) is 18.7. The Hall–Kier alpha value is -3.28. The van der Waals surface area contributed by atoms with E-state index in [0.717, 1.165) is 10.9 Å². The van der Waals surface area contributed by atoms with Crippen LogP contribution in [0.15, 0.2) is 59.0 Å². The molecule has 0 bridgehead atoms. The van der Waals surface area contributed by atoms with Crippen LogP contribution in [0.25, 0.3) is 11.0 Å². The lowest BCUT2D eigenvalue weighted by Gasteiger charge is -2.28. The Morgan fingerprint density at radius 3 is 2.35 bits per heavy atom. The van der Waals surface area contributed by atoms with Crippen LogP contribution in [-0.4, -0.2) is 23.2 Å². The van der Waals surface area contributed by atoms with E-state index >= 15 is 0 Å². The number of ether oxygens (including phenoxy) is 2. The highest BCUT2D eigenvalue weighted by Crippen LogP contribution is 2.24. The van der Waals surface area contributed by atoms with Crippen LogP contribution in [0.1, 0.15) is 56.3 Å². The van der Waals surface area contributed by atoms with E-state index in [1.807, 2.05) is 71.0 Å². The summed E-state index contributed by atoms with van der Waals surface area (Å²) < 4.78 is 16.6. The third kappa shape index (κ3) is 6.60. The van der Waals surface area contributed by atoms with Crippen LogP contribution in [0.4, 0.5) is 4.79 Å². The average molecular weight is 424 g/mol. The maximum Gasteiger partial charge on any atom is 0.408 e. The maximum absolute atomic E-state index is 12.4. The first-order valence-electron chi connectivity index (χ1n) is 10.3. The number of rotatable bonds is 6. The normalized spacial score (nSPS) is 11.9. The highest BCUT2D eigenvalue weighted by atomic mass is 16.6. The summed E-state index contributed by atoms with van der Waals surface area (Å²) in [6.45, 7) is 9.48. The number of carbonyl (C=O) groups excluding carboxylic acids is 2. The first-order chi connectivity index (χ1) is 14.5. The molecule has 0 aliphatic rings. The van der Waals surface area contributed by atoms with Crippen molar-refractivity contribution in [3.63, 3.8) is 0 Å². The van der Waals surface area contributed by atoms with Crippen LogP contribution in [-0.2, 0) is 22.5 Å². The number of furan rings is 1. The number of benzene rings is 2. The minimum absolute atomic E-state index is 0.221. The number of amides is 1. The van der Waals surface area contributed by atoms with Crippen molar-refractivity contribution in [3.8, 4) is 0 Å². The lowest BCUT2D eigenvalue weighted by molar-refractivity contribution is 0.0461. The number of hydrogen-bond donors (Lipinski definition) is 1. The van der Waals surface area contributed by atoms with E-state index < -0.39 is 17.2 Å². The summed E-state index contributed by atoms with van der Waals surface area (Å²) in [6, 6.07) is 16.6. The lowest BCUT2D eigenvalue weighted by Crippen LogP contribution is -2.47. The largest absolute Gasteiger partial charge is 0.461 e. The first kappa shape index (κ1) is 22.4. The standard InChI is InChI=1S/C25H29NO5/c1-24(2,3)31-23(28)26-25(4,5)15-20-14-19-13-18(11-12-21(19)30-20)22(27)29-16-17-9-7-6-8-10-17/h6-14H,15-16H2,1-5H3,(H,26,28). The topological polar surface area (TPSA) is 77.8 Å². The highest BCUT2D eigenvalue weighted by molar-refractivity contribution is 5.94. The van der Waals surface area contributed by atoms with Crippen molar-refractivity contribution >= 4 is 23.0 Å². The third-order valence-corrected chi connectivity index (χ3v) is 4.47. The van der Waals surface area contributed by atoms with Gasteiger partial charge >= 0.3 is 12.1 Å². The Balaban J connectivity index is 1.66. The van der Waals surface area contributed by atoms with Gasteiger partial charge in [0.2, 0.25) is 0 Å². The zero-order valence-corrected chi connectivity index (χ0v) is 18.7. The highest BCUT2D eigenvalue weighted by Gasteiger charge is 2.26. The molecule has 3 rings (SSSR count). The molecular formula is C25H29NO5. The lowest BCUT2D eigenvalue weighted by atomic mass is 9.99. The predicted octanol–water partition coefficient (Wildman–Crippen LogP) is 5.64. The molecule has 1 aromatic heterocycles. The van der Waals surface area contributed by atoms with Gasteiger partial charge in [0, 0.05) is 17.3 Å². The minimum Gasteiger partial charge on any atom is -0.461 e. The molecule has 0 spiro atoms. The van der Waals surface area contributed by atoms with E-state index in [0.29, 0.717) is 23.3 Å². The zero-order chi connectivity index (χ0) is 22.6. The van der Waals surface area contributed by atoms with Crippen molar-refractivity contribution in [1.29, 1.82) is 0 Å². The van der Waals surface area contributed by atoms with E-state index in [1.165, 1.54) is 0 Å². The molecule has 2 aromatic carbocycles. The Kier molecular flexibility index (Phi) is 6.39. The van der Waals surface area contributed by atoms with Crippen LogP contribution in [0.3, 0.4) is 0 Å². The van der Waals surface area contributed by atoms with Gasteiger partial charge in [-0.05, 0) is 64.4 Å². The van der Waals surface area contributed by atoms with Gasteiger partial charge in [-0.1, -0.05) is 30.3 Å². The van der Waals surface area contributed by atoms with E-state index in [2.05, 4.69) is 5.32 Å². The number of alkyl carbamates (subject to hydrolysis) is 1. The Labute approximate surface area is 182 Å². The Bertz CT molecular complexity index is 1060. The van der Waals surface area contributed by atoms with Gasteiger partial charge in [-0.15, -0.1) is 0 Å². The number of fused-ring (bicyclic) bond motifs is 1. The van der Waals surface area contributed by atoms with Gasteiger partial charge in [0.05, 0.1) is 5.56 Å². The number of hydrogen-bond acceptors (Lipinski definition) is 5. The third-order valence-electron chi connectivity index (χ3n) is 4.47. The molecule has 0 fully saturated rings. The summed E-state index contributed by atoms with van der Waals surface area (Å²) in [5.74, 6) is 0.311. The van der Waals surface area contributed by atoms with E-state index in [4.69, 9.17) is 13.9 Å². The number of esters is 1. The quantitative estimate of drug-likeness (QED) is 0.520. The molecule has 0 saturated heterocycles. The van der Waals surface area contributed by atoms with Crippen molar-refractivity contribution in [3.05, 3.63) is 71.5 Å². The molecule has 31 heavy (non-hydrogen) atoms. The van der Waals surface area contributed by atoms with Crippen molar-refractivity contribution in [2.45, 2.75) is 58.8 Å². The molecule has 1 heterocycles. The smallest absolute Gasteiger partial charge is 0.408 e. The monoisotopic (exact) mass is 423 g/mol. The van der Waals surface area contributed by atoms with Crippen molar-refractivity contribution in [2.24, 2.45) is 0 Å². The van der Waals surface area contributed by atoms with E-state index in [1.54, 1.807) is 18.2 Å². The Morgan fingerprint density at radius 2 is 1.68 bits per heavy atom. The molecule has 164 valence electrons. The molecule has 3 aromatic rings. The second-order valence-corrected chi connectivity index (χ2v) is 9.21. The predicted molar refractivity (Wildman–Crippen MR) is 119 cm³/mol. The molecule has 0 radical (unpaired) electrons. The fourth-order valence-electron chi connectivity index (χ4n) is 3.18. The summed E-state index contributed by atoms with van der Waals surface area (Å²) in [5.41, 5.74) is 0.922. The van der Waals surface area contributed by atoms with Gasteiger partial charge in [0.1, 0.15) is 23.6 Å². The molecule has 0 saturated carbocycles. The van der Waals surface area contributed by atoms with Crippen molar-refractivity contribution in [2.75, 3.05) is 0 Å². The summed E-state index contributed by atoms with van der Waals surface area (Å²) in [5, 5.41) is 3.68. The summed E-state index contributed by atoms with van der Waals surface area (Å²) in [7, 11) is 0. The van der Waals surface area contributed by atoms with Gasteiger partial charge in [0.15, 0.2) is 0 Å². The molecule has 0 aliphatic carbocycles. The van der Waals surface area contributed by atoms with Crippen molar-refractivity contribution < 1.29 is 23.5 Å². The molecule has 1 N–H and O–H groups in total. The minimum atomic E-state index is -0.576. The molecule has 0 atom stereocenters. The molecule has 0 aliphatic heterocycles. The summed E-state index contributed by atoms with van der Waals surface area (Å²) in [6.07, 6.45) is -0.00797. The average Bonchev–Trinajstić information content (AvgIpc) is 3.05. The molecule has 0 unspecified atom stereocenters. The van der Waals surface area contributed by atoms with E-state index in [9.17, 15) is 9.59 Å². The summed E-state index contributed by atoms with van der Waals surface area (Å²) in [4.78, 5) is 24.5. The second-order valence-electron chi connectivity index (χ2n) is 9.21. The van der Waals surface area contributed by atoms with Gasteiger partial charge < -0.3 is 19.2 Å². The fraction of sp³-hybridized carbons (Fsp3) is 0.360. The molecule has 6 heteroatoms. The fourth-order valence-corrected chi connectivity index (χ4v) is 3.18. The molecular weight excluding hydrogens is 394 g/mol. The Morgan fingerprint density at radius 1 is 0.968 bits per heavy atom. The van der Waals surface area contributed by atoms with Crippen LogP contribution in [0.5, 0.6) is 0 Å². The molecule has 1 amide bonds. The first-order valence-corrected chi connectivity index (χ1v) is 10.3. The van der Waals surface area contributed by atoms with Crippen molar-refractivity contribution in [1.82, 2.24) is 5.32 Å². The summed E-state index contributed by atoms with van der Waals surface area (Å²) >= 11 is 0. The number of carbonyl (C=O) groups is 2. The van der Waals surface area contributed by atoms with Gasteiger partial charge in [0.25, 0.3) is 0 Å². The number of nitrogens with one attached hydrogen (secondary N) is 1. The van der Waals surface area contributed by atoms with Crippen LogP contribution in [0.2, 0.25) is 0 Å². The van der Waals surface area contributed by atoms with Crippen LogP contribution >= 0.6 is 0 Å². The van der Waals surface area contributed by atoms with Gasteiger partial charge in [-0.2, -0.15) is 0 Å². The SMILES string of the molecule is CC(C)(Cc1cc2cc(C(=O)OCc3ccccc3)ccc2o1)NC(=O)OC(C)(C)C. The van der Waals surface area contributed by atoms with Gasteiger partial charge in [-0.25, -0.2) is 9.59 Å². The maximum atomic E-state index is 12.4. The molecule has 6 nitrogen and oxygen atoms in total.